The fraction of sp³-hybridized carbons (Fsp3) is 0.318. The molecule has 0 radical (unpaired) electrons. The maximum Gasteiger partial charge on any atom is 0.307 e. The number of carbonyl (C=O) groups is 3. The van der Waals surface area contributed by atoms with Gasteiger partial charge >= 0.3 is 5.97 Å². The van der Waals surface area contributed by atoms with E-state index in [4.69, 9.17) is 5.73 Å². The van der Waals surface area contributed by atoms with Gasteiger partial charge in [-0.1, -0.05) is 30.4 Å². The number of carboxylic acid groups (broad SMARTS) is 1. The van der Waals surface area contributed by atoms with Crippen LogP contribution < -0.4 is 11.1 Å². The molecule has 1 aliphatic carbocycles. The molecule has 1 aromatic carbocycles. The second-order valence-corrected chi connectivity index (χ2v) is 8.61. The maximum absolute atomic E-state index is 12.9. The van der Waals surface area contributed by atoms with Crippen molar-refractivity contribution >= 4 is 34.1 Å². The summed E-state index contributed by atoms with van der Waals surface area (Å²) >= 11 is 1.28. The Hall–Kier alpha value is -2.93. The van der Waals surface area contributed by atoms with Crippen LogP contribution in [-0.2, 0) is 9.59 Å². The predicted molar refractivity (Wildman–Crippen MR) is 114 cm³/mol. The second kappa shape index (κ2) is 8.21. The van der Waals surface area contributed by atoms with Crippen LogP contribution in [0.4, 0.5) is 5.00 Å². The third kappa shape index (κ3) is 4.10. The molecule has 0 unspecified atom stereocenters. The van der Waals surface area contributed by atoms with Crippen LogP contribution in [0.5, 0.6) is 0 Å². The van der Waals surface area contributed by atoms with Gasteiger partial charge in [0.05, 0.1) is 17.4 Å². The number of allylic oxidation sites excluding steroid dienone is 2. The molecule has 3 rings (SSSR count). The number of nitrogens with two attached hydrogens (primary N) is 1. The van der Waals surface area contributed by atoms with Gasteiger partial charge < -0.3 is 16.2 Å². The number of carbonyl (C=O) groups excluding carboxylic acids is 2. The van der Waals surface area contributed by atoms with E-state index < -0.39 is 29.6 Å². The smallest absolute Gasteiger partial charge is 0.307 e. The minimum absolute atomic E-state index is 0.266. The third-order valence-corrected chi connectivity index (χ3v) is 6.47. The second-order valence-electron chi connectivity index (χ2n) is 7.38. The van der Waals surface area contributed by atoms with Crippen LogP contribution in [0.2, 0.25) is 0 Å². The molecule has 0 fully saturated rings. The van der Waals surface area contributed by atoms with Crippen LogP contribution >= 0.6 is 11.3 Å². The minimum atomic E-state index is -0.997. The van der Waals surface area contributed by atoms with Gasteiger partial charge in [0.2, 0.25) is 5.91 Å². The number of anilines is 1. The lowest BCUT2D eigenvalue weighted by Gasteiger charge is -2.24. The summed E-state index contributed by atoms with van der Waals surface area (Å²) in [7, 11) is 0. The molecule has 0 aliphatic heterocycles. The average Bonchev–Trinajstić information content (AvgIpc) is 2.99. The molecule has 1 heterocycles. The van der Waals surface area contributed by atoms with Crippen molar-refractivity contribution in [3.63, 3.8) is 0 Å². The first-order valence-electron chi connectivity index (χ1n) is 9.40. The maximum atomic E-state index is 12.9. The largest absolute Gasteiger partial charge is 0.481 e. The molecule has 29 heavy (non-hydrogen) atoms. The molecular weight excluding hydrogens is 388 g/mol. The first-order chi connectivity index (χ1) is 13.7. The zero-order valence-electron chi connectivity index (χ0n) is 16.6. The monoisotopic (exact) mass is 412 g/mol. The number of nitrogens with one attached hydrogen (secondary N) is 1. The molecule has 2 aromatic rings. The topological polar surface area (TPSA) is 109 Å². The van der Waals surface area contributed by atoms with Crippen molar-refractivity contribution in [1.29, 1.82) is 0 Å². The Morgan fingerprint density at radius 3 is 2.31 bits per heavy atom. The average molecular weight is 413 g/mol. The van der Waals surface area contributed by atoms with Gasteiger partial charge in [-0.25, -0.2) is 0 Å². The van der Waals surface area contributed by atoms with Crippen molar-refractivity contribution in [2.75, 3.05) is 5.32 Å². The zero-order chi connectivity index (χ0) is 21.3. The molecule has 1 aliphatic rings. The molecule has 1 aromatic heterocycles. The molecule has 2 atom stereocenters. The van der Waals surface area contributed by atoms with Crippen LogP contribution in [0.1, 0.15) is 39.2 Å². The van der Waals surface area contributed by atoms with Gasteiger partial charge in [0, 0.05) is 10.4 Å². The van der Waals surface area contributed by atoms with Gasteiger partial charge in [-0.2, -0.15) is 0 Å². The molecule has 0 saturated heterocycles. The van der Waals surface area contributed by atoms with Crippen molar-refractivity contribution in [2.24, 2.45) is 17.6 Å². The number of benzene rings is 1. The van der Waals surface area contributed by atoms with E-state index in [-0.39, 0.29) is 5.56 Å². The molecule has 2 amide bonds. The van der Waals surface area contributed by atoms with Crippen molar-refractivity contribution in [3.05, 3.63) is 51.9 Å². The Kier molecular flexibility index (Phi) is 5.88. The number of rotatable bonds is 5. The highest BCUT2D eigenvalue weighted by Gasteiger charge is 2.35. The highest BCUT2D eigenvalue weighted by Crippen LogP contribution is 2.41. The number of carboxylic acids is 1. The van der Waals surface area contributed by atoms with Crippen LogP contribution in [0, 0.1) is 32.6 Å². The van der Waals surface area contributed by atoms with Gasteiger partial charge in [-0.05, 0) is 50.3 Å². The number of primary amides is 1. The summed E-state index contributed by atoms with van der Waals surface area (Å²) in [6.07, 6.45) is 4.26. The Morgan fingerprint density at radius 2 is 1.72 bits per heavy atom. The molecule has 4 N–H and O–H groups in total. The van der Waals surface area contributed by atoms with Crippen molar-refractivity contribution in [3.8, 4) is 11.1 Å². The predicted octanol–water partition coefficient (Wildman–Crippen LogP) is 4.04. The summed E-state index contributed by atoms with van der Waals surface area (Å²) < 4.78 is 0. The van der Waals surface area contributed by atoms with Gasteiger partial charge in [0.25, 0.3) is 5.91 Å². The fourth-order valence-electron chi connectivity index (χ4n) is 3.69. The first-order valence-corrected chi connectivity index (χ1v) is 10.2. The van der Waals surface area contributed by atoms with E-state index in [0.29, 0.717) is 23.4 Å². The first kappa shape index (κ1) is 20.8. The number of aryl methyl sites for hydroxylation is 3. The van der Waals surface area contributed by atoms with Crippen LogP contribution in [0.15, 0.2) is 30.4 Å². The van der Waals surface area contributed by atoms with Crippen LogP contribution in [0.3, 0.4) is 0 Å². The van der Waals surface area contributed by atoms with Crippen molar-refractivity contribution in [1.82, 2.24) is 0 Å². The SMILES string of the molecule is Cc1ccc(-c2c(C)sc(NC(=O)[C@@H]3CC=CC[C@H]3C(=O)O)c2C(N)=O)cc1C. The van der Waals surface area contributed by atoms with E-state index in [0.717, 1.165) is 21.6 Å². The van der Waals surface area contributed by atoms with Gasteiger partial charge in [0.1, 0.15) is 5.00 Å². The summed E-state index contributed by atoms with van der Waals surface area (Å²) in [4.78, 5) is 37.5. The fourth-order valence-corrected chi connectivity index (χ4v) is 4.78. The highest BCUT2D eigenvalue weighted by molar-refractivity contribution is 7.17. The van der Waals surface area contributed by atoms with Gasteiger partial charge in [0.15, 0.2) is 0 Å². The highest BCUT2D eigenvalue weighted by atomic mass is 32.1. The van der Waals surface area contributed by atoms with E-state index in [1.807, 2.05) is 45.0 Å². The molecule has 152 valence electrons. The van der Waals surface area contributed by atoms with E-state index >= 15 is 0 Å². The Labute approximate surface area is 173 Å². The standard InChI is InChI=1S/C22H24N2O4S/c1-11-8-9-14(10-12(11)2)17-13(3)29-21(18(17)19(23)25)24-20(26)15-6-4-5-7-16(15)22(27)28/h4-5,8-10,15-16H,6-7H2,1-3H3,(H2,23,25)(H,24,26)(H,27,28)/t15-,16-/m1/s1. The Morgan fingerprint density at radius 1 is 1.07 bits per heavy atom. The zero-order valence-corrected chi connectivity index (χ0v) is 17.4. The van der Waals surface area contributed by atoms with Gasteiger partial charge in [-0.15, -0.1) is 11.3 Å². The number of thiophene rings is 1. The summed E-state index contributed by atoms with van der Waals surface area (Å²) in [6.45, 7) is 5.88. The van der Waals surface area contributed by atoms with E-state index in [2.05, 4.69) is 5.32 Å². The minimum Gasteiger partial charge on any atom is -0.481 e. The van der Waals surface area contributed by atoms with E-state index in [1.165, 1.54) is 11.3 Å². The van der Waals surface area contributed by atoms with E-state index in [9.17, 15) is 19.5 Å². The van der Waals surface area contributed by atoms with Crippen LogP contribution in [0.25, 0.3) is 11.1 Å². The molecular formula is C22H24N2O4S. The van der Waals surface area contributed by atoms with Crippen molar-refractivity contribution in [2.45, 2.75) is 33.6 Å². The quantitative estimate of drug-likeness (QED) is 0.644. The number of hydrogen-bond acceptors (Lipinski definition) is 4. The molecule has 7 heteroatoms. The Bertz CT molecular complexity index is 1020. The number of aliphatic carboxylic acids is 1. The third-order valence-electron chi connectivity index (χ3n) is 5.45. The summed E-state index contributed by atoms with van der Waals surface area (Å²) in [5, 5.41) is 12.6. The molecule has 6 nitrogen and oxygen atoms in total. The lowest BCUT2D eigenvalue weighted by atomic mass is 9.82. The molecule has 0 spiro atoms. The summed E-state index contributed by atoms with van der Waals surface area (Å²) in [5.74, 6) is -3.50. The van der Waals surface area contributed by atoms with Gasteiger partial charge in [-0.3, -0.25) is 14.4 Å². The lowest BCUT2D eigenvalue weighted by molar-refractivity contribution is -0.146. The number of hydrogen-bond donors (Lipinski definition) is 3. The summed E-state index contributed by atoms with van der Waals surface area (Å²) in [6, 6.07) is 5.91. The molecule has 0 bridgehead atoms. The number of amides is 2. The summed E-state index contributed by atoms with van der Waals surface area (Å²) in [5.41, 5.74) is 9.74. The molecule has 0 saturated carbocycles. The van der Waals surface area contributed by atoms with E-state index in [1.54, 1.807) is 6.08 Å². The van der Waals surface area contributed by atoms with Crippen molar-refractivity contribution < 1.29 is 19.5 Å². The van der Waals surface area contributed by atoms with Crippen LogP contribution in [-0.4, -0.2) is 22.9 Å². The normalized spacial score (nSPS) is 18.4. The Balaban J connectivity index is 1.99. The lowest BCUT2D eigenvalue weighted by Crippen LogP contribution is -2.35.